The van der Waals surface area contributed by atoms with E-state index >= 15 is 0 Å². The fourth-order valence-corrected chi connectivity index (χ4v) is 3.88. The molecular weight excluding hydrogens is 420 g/mol. The Labute approximate surface area is 185 Å². The molecule has 0 unspecified atom stereocenters. The second kappa shape index (κ2) is 9.49. The summed E-state index contributed by atoms with van der Waals surface area (Å²) in [5.41, 5.74) is 2.14. The van der Waals surface area contributed by atoms with Crippen LogP contribution in [0.15, 0.2) is 42.5 Å². The van der Waals surface area contributed by atoms with Gasteiger partial charge in [-0.15, -0.1) is 0 Å². The number of amides is 1. The Morgan fingerprint density at radius 2 is 1.84 bits per heavy atom. The van der Waals surface area contributed by atoms with Crippen LogP contribution in [-0.4, -0.2) is 60.4 Å². The van der Waals surface area contributed by atoms with Crippen LogP contribution in [-0.2, 0) is 22.6 Å². The van der Waals surface area contributed by atoms with E-state index in [1.165, 1.54) is 0 Å². The standard InChI is InChI=1S/C23H23ClN2O5/c24-19-4-2-1-3-18(19)15-30-23(29)26-11-9-25(10-12-26)8-7-20(27)16-5-6-17-14-22(28)31-21(17)13-16/h1-6,13H,7-12,14-15H2. The van der Waals surface area contributed by atoms with Crippen molar-refractivity contribution in [2.75, 3.05) is 32.7 Å². The van der Waals surface area contributed by atoms with Gasteiger partial charge >= 0.3 is 12.1 Å². The SMILES string of the molecule is O=C1Cc2ccc(C(=O)CCN3CCN(C(=O)OCc4ccccc4Cl)CC3)cc2O1. The molecule has 2 aromatic rings. The first kappa shape index (κ1) is 21.3. The van der Waals surface area contributed by atoms with Crippen molar-refractivity contribution in [1.82, 2.24) is 9.80 Å². The molecule has 0 saturated carbocycles. The summed E-state index contributed by atoms with van der Waals surface area (Å²) in [6, 6.07) is 12.4. The van der Waals surface area contributed by atoms with Crippen LogP contribution in [0.3, 0.4) is 0 Å². The maximum absolute atomic E-state index is 12.5. The van der Waals surface area contributed by atoms with Gasteiger partial charge in [-0.05, 0) is 12.1 Å². The van der Waals surface area contributed by atoms with Crippen molar-refractivity contribution in [3.63, 3.8) is 0 Å². The van der Waals surface area contributed by atoms with E-state index in [1.807, 2.05) is 18.2 Å². The fraction of sp³-hybridized carbons (Fsp3) is 0.348. The third-order valence-electron chi connectivity index (χ3n) is 5.54. The number of fused-ring (bicyclic) bond motifs is 1. The Kier molecular flexibility index (Phi) is 6.53. The maximum Gasteiger partial charge on any atom is 0.410 e. The van der Waals surface area contributed by atoms with Gasteiger partial charge in [0.2, 0.25) is 0 Å². The lowest BCUT2D eigenvalue weighted by molar-refractivity contribution is -0.131. The molecule has 0 radical (unpaired) electrons. The lowest BCUT2D eigenvalue weighted by Crippen LogP contribution is -2.49. The summed E-state index contributed by atoms with van der Waals surface area (Å²) in [4.78, 5) is 40.0. The predicted octanol–water partition coefficient (Wildman–Crippen LogP) is 3.33. The number of ether oxygens (including phenoxy) is 2. The molecular formula is C23H23ClN2O5. The van der Waals surface area contributed by atoms with Gasteiger partial charge in [0.05, 0.1) is 6.42 Å². The van der Waals surface area contributed by atoms with Gasteiger partial charge in [-0.3, -0.25) is 14.5 Å². The van der Waals surface area contributed by atoms with Gasteiger partial charge in [0, 0.05) is 60.9 Å². The summed E-state index contributed by atoms with van der Waals surface area (Å²) >= 11 is 6.09. The molecule has 1 saturated heterocycles. The van der Waals surface area contributed by atoms with Crippen LogP contribution < -0.4 is 4.74 Å². The van der Waals surface area contributed by atoms with Crippen molar-refractivity contribution in [2.45, 2.75) is 19.4 Å². The number of nitrogens with zero attached hydrogens (tertiary/aromatic N) is 2. The molecule has 7 nitrogen and oxygen atoms in total. The quantitative estimate of drug-likeness (QED) is 0.388. The van der Waals surface area contributed by atoms with Gasteiger partial charge in [0.25, 0.3) is 0 Å². The van der Waals surface area contributed by atoms with E-state index in [2.05, 4.69) is 4.90 Å². The number of carbonyl (C=O) groups excluding carboxylic acids is 3. The van der Waals surface area contributed by atoms with Crippen molar-refractivity contribution < 1.29 is 23.9 Å². The molecule has 0 spiro atoms. The van der Waals surface area contributed by atoms with Crippen molar-refractivity contribution in [1.29, 1.82) is 0 Å². The van der Waals surface area contributed by atoms with E-state index in [9.17, 15) is 14.4 Å². The molecule has 2 aliphatic rings. The number of piperazine rings is 1. The van der Waals surface area contributed by atoms with Crippen molar-refractivity contribution >= 4 is 29.4 Å². The highest BCUT2D eigenvalue weighted by atomic mass is 35.5. The van der Waals surface area contributed by atoms with Gasteiger partial charge in [-0.2, -0.15) is 0 Å². The highest BCUT2D eigenvalue weighted by molar-refractivity contribution is 6.31. The predicted molar refractivity (Wildman–Crippen MR) is 114 cm³/mol. The van der Waals surface area contributed by atoms with Crippen LogP contribution in [0, 0.1) is 0 Å². The summed E-state index contributed by atoms with van der Waals surface area (Å²) in [5, 5.41) is 0.575. The van der Waals surface area contributed by atoms with Gasteiger partial charge in [-0.25, -0.2) is 4.79 Å². The van der Waals surface area contributed by atoms with Crippen LogP contribution in [0.4, 0.5) is 4.79 Å². The van der Waals surface area contributed by atoms with E-state index in [0.717, 1.165) is 11.1 Å². The van der Waals surface area contributed by atoms with Crippen molar-refractivity contribution in [3.05, 3.63) is 64.2 Å². The maximum atomic E-state index is 12.5. The molecule has 2 aromatic carbocycles. The third-order valence-corrected chi connectivity index (χ3v) is 5.91. The zero-order valence-electron chi connectivity index (χ0n) is 17.0. The Hall–Kier alpha value is -2.90. The molecule has 4 rings (SSSR count). The van der Waals surface area contributed by atoms with Crippen LogP contribution >= 0.6 is 11.6 Å². The molecule has 0 aromatic heterocycles. The number of carbonyl (C=O) groups is 3. The average molecular weight is 443 g/mol. The minimum absolute atomic E-state index is 0.00679. The number of hydrogen-bond donors (Lipinski definition) is 0. The van der Waals surface area contributed by atoms with Crippen LogP contribution in [0.25, 0.3) is 0 Å². The van der Waals surface area contributed by atoms with Crippen molar-refractivity contribution in [2.24, 2.45) is 0 Å². The van der Waals surface area contributed by atoms with Gasteiger partial charge in [0.1, 0.15) is 12.4 Å². The number of hydrogen-bond acceptors (Lipinski definition) is 6. The largest absolute Gasteiger partial charge is 0.444 e. The highest BCUT2D eigenvalue weighted by Crippen LogP contribution is 2.27. The van der Waals surface area contributed by atoms with E-state index in [-0.39, 0.29) is 30.9 Å². The minimum Gasteiger partial charge on any atom is -0.444 e. The molecule has 8 heteroatoms. The molecule has 0 N–H and O–H groups in total. The average Bonchev–Trinajstić information content (AvgIpc) is 3.16. The van der Waals surface area contributed by atoms with Gasteiger partial charge in [-0.1, -0.05) is 41.9 Å². The number of halogens is 1. The summed E-state index contributed by atoms with van der Waals surface area (Å²) in [5.74, 6) is 0.204. The lowest BCUT2D eigenvalue weighted by atomic mass is 10.0. The van der Waals surface area contributed by atoms with Gasteiger partial charge in [0.15, 0.2) is 5.78 Å². The summed E-state index contributed by atoms with van der Waals surface area (Å²) in [6.07, 6.45) is 0.266. The second-order valence-corrected chi connectivity index (χ2v) is 8.03. The first-order chi connectivity index (χ1) is 15.0. The van der Waals surface area contributed by atoms with E-state index in [0.29, 0.717) is 55.5 Å². The molecule has 2 aliphatic heterocycles. The monoisotopic (exact) mass is 442 g/mol. The minimum atomic E-state index is -0.358. The van der Waals surface area contributed by atoms with E-state index < -0.39 is 0 Å². The number of esters is 1. The van der Waals surface area contributed by atoms with E-state index in [1.54, 1.807) is 29.2 Å². The molecule has 0 atom stereocenters. The molecule has 162 valence electrons. The third kappa shape index (κ3) is 5.24. The first-order valence-corrected chi connectivity index (χ1v) is 10.6. The summed E-state index contributed by atoms with van der Waals surface area (Å²) in [7, 11) is 0. The molecule has 0 aliphatic carbocycles. The van der Waals surface area contributed by atoms with Gasteiger partial charge < -0.3 is 14.4 Å². The van der Waals surface area contributed by atoms with Crippen LogP contribution in [0.5, 0.6) is 5.75 Å². The topological polar surface area (TPSA) is 76.2 Å². The normalized spacial score (nSPS) is 16.0. The zero-order chi connectivity index (χ0) is 21.8. The first-order valence-electron chi connectivity index (χ1n) is 10.2. The molecule has 31 heavy (non-hydrogen) atoms. The van der Waals surface area contributed by atoms with Crippen molar-refractivity contribution in [3.8, 4) is 5.75 Å². The number of Topliss-reactive ketones (excluding diaryl/α,β-unsaturated/α-hetero) is 1. The van der Waals surface area contributed by atoms with Crippen LogP contribution in [0.1, 0.15) is 27.9 Å². The second-order valence-electron chi connectivity index (χ2n) is 7.62. The molecule has 2 heterocycles. The molecule has 1 fully saturated rings. The highest BCUT2D eigenvalue weighted by Gasteiger charge is 2.24. The number of benzene rings is 2. The van der Waals surface area contributed by atoms with Crippen LogP contribution in [0.2, 0.25) is 5.02 Å². The summed E-state index contributed by atoms with van der Waals surface area (Å²) in [6.45, 7) is 3.20. The molecule has 0 bridgehead atoms. The fourth-order valence-electron chi connectivity index (χ4n) is 3.69. The number of ketones is 1. The number of rotatable bonds is 6. The van der Waals surface area contributed by atoms with E-state index in [4.69, 9.17) is 21.1 Å². The Morgan fingerprint density at radius 1 is 1.06 bits per heavy atom. The summed E-state index contributed by atoms with van der Waals surface area (Å²) < 4.78 is 10.5. The molecule has 1 amide bonds. The Morgan fingerprint density at radius 3 is 2.61 bits per heavy atom. The zero-order valence-corrected chi connectivity index (χ0v) is 17.8. The smallest absolute Gasteiger partial charge is 0.410 e. The lowest BCUT2D eigenvalue weighted by Gasteiger charge is -2.33. The Balaban J connectivity index is 1.20. The Bertz CT molecular complexity index is 1000.